The van der Waals surface area contributed by atoms with Gasteiger partial charge >= 0.3 is 5.97 Å². The zero-order valence-corrected chi connectivity index (χ0v) is 30.1. The van der Waals surface area contributed by atoms with E-state index in [1.165, 1.54) is 56.0 Å². The van der Waals surface area contributed by atoms with Gasteiger partial charge in [0.15, 0.2) is 5.60 Å². The molecule has 2 aliphatic heterocycles. The summed E-state index contributed by atoms with van der Waals surface area (Å²) in [5.74, 6) is 0.278. The van der Waals surface area contributed by atoms with Crippen LogP contribution in [0.25, 0.3) is 39.1 Å². The lowest BCUT2D eigenvalue weighted by molar-refractivity contribution is 0.0600. The first-order valence-electron chi connectivity index (χ1n) is 18.8. The summed E-state index contributed by atoms with van der Waals surface area (Å²) in [5.41, 5.74) is 9.09. The summed E-state index contributed by atoms with van der Waals surface area (Å²) < 4.78 is 12.8. The Morgan fingerprint density at radius 3 is 2.00 bits per heavy atom. The van der Waals surface area contributed by atoms with Crippen LogP contribution in [0.5, 0.6) is 5.75 Å². The van der Waals surface area contributed by atoms with Gasteiger partial charge < -0.3 is 14.4 Å². The van der Waals surface area contributed by atoms with Gasteiger partial charge in [0.25, 0.3) is 0 Å². The maximum atomic E-state index is 13.9. The average Bonchev–Trinajstić information content (AvgIpc) is 3.76. The highest BCUT2D eigenvalue weighted by atomic mass is 16.5. The Hall–Kier alpha value is -5.61. The van der Waals surface area contributed by atoms with E-state index in [1.54, 1.807) is 0 Å². The van der Waals surface area contributed by atoms with Gasteiger partial charge in [-0.25, -0.2) is 4.79 Å². The molecule has 6 aromatic carbocycles. The number of hydrogen-bond acceptors (Lipinski definition) is 4. The van der Waals surface area contributed by atoms with Crippen LogP contribution < -0.4 is 9.64 Å². The minimum absolute atomic E-state index is 0.393. The lowest BCUT2D eigenvalue weighted by atomic mass is 9.81. The summed E-state index contributed by atoms with van der Waals surface area (Å²) in [5, 5.41) is 1.88. The molecule has 8 rings (SSSR count). The number of anilines is 1. The molecule has 2 aliphatic rings. The first-order chi connectivity index (χ1) is 25.6. The van der Waals surface area contributed by atoms with E-state index in [0.717, 1.165) is 63.7 Å². The number of benzene rings is 6. The van der Waals surface area contributed by atoms with Crippen LogP contribution in [0.15, 0.2) is 133 Å². The van der Waals surface area contributed by atoms with Gasteiger partial charge in [-0.1, -0.05) is 135 Å². The first-order valence-corrected chi connectivity index (χ1v) is 18.8. The third kappa shape index (κ3) is 6.17. The molecule has 6 aromatic rings. The Balaban J connectivity index is 1.23. The molecule has 2 heterocycles. The molecule has 52 heavy (non-hydrogen) atoms. The van der Waals surface area contributed by atoms with Crippen molar-refractivity contribution >= 4 is 28.5 Å². The molecule has 1 unspecified atom stereocenters. The topological polar surface area (TPSA) is 38.8 Å². The molecule has 0 saturated carbocycles. The molecule has 0 aromatic heterocycles. The normalized spacial score (nSPS) is 16.5. The Labute approximate surface area is 307 Å². The average molecular weight is 684 g/mol. The van der Waals surface area contributed by atoms with Gasteiger partial charge in [-0.15, -0.1) is 0 Å². The van der Waals surface area contributed by atoms with Gasteiger partial charge in [0.1, 0.15) is 5.75 Å². The number of methoxy groups -OCH3 is 1. The maximum absolute atomic E-state index is 13.9. The number of unbranched alkanes of at least 4 members (excludes halogenated alkanes) is 2. The van der Waals surface area contributed by atoms with Crippen molar-refractivity contribution in [1.82, 2.24) is 0 Å². The lowest BCUT2D eigenvalue weighted by Gasteiger charge is -2.37. The Morgan fingerprint density at radius 1 is 0.712 bits per heavy atom. The van der Waals surface area contributed by atoms with E-state index >= 15 is 0 Å². The number of carbonyl (C=O) groups is 1. The number of fused-ring (bicyclic) bond motifs is 3. The number of esters is 1. The van der Waals surface area contributed by atoms with E-state index < -0.39 is 11.6 Å². The highest BCUT2D eigenvalue weighted by Crippen LogP contribution is 2.50. The molecule has 0 N–H and O–H groups in total. The minimum Gasteiger partial charge on any atom is -0.472 e. The van der Waals surface area contributed by atoms with Crippen LogP contribution >= 0.6 is 0 Å². The first kappa shape index (κ1) is 33.5. The summed E-state index contributed by atoms with van der Waals surface area (Å²) >= 11 is 0. The smallest absolute Gasteiger partial charge is 0.339 e. The van der Waals surface area contributed by atoms with Gasteiger partial charge in [-0.05, 0) is 77.6 Å². The second kappa shape index (κ2) is 14.6. The molecule has 0 amide bonds. The van der Waals surface area contributed by atoms with Crippen molar-refractivity contribution in [2.75, 3.05) is 25.1 Å². The van der Waals surface area contributed by atoms with Crippen LogP contribution in [0, 0.1) is 0 Å². The second-order valence-corrected chi connectivity index (χ2v) is 14.0. The molecular formula is C48H45NO3. The SMILES string of the molecule is CCCCCc1ccc(-c2ccc(-c3c(C(=O)OC)c4c(c5ccccc35)OC(c3ccccc3)(c3ccc(N5CCCC5)cc3)C=C4)cc2)cc1. The summed E-state index contributed by atoms with van der Waals surface area (Å²) in [6.07, 6.45) is 11.5. The van der Waals surface area contributed by atoms with Crippen molar-refractivity contribution < 1.29 is 14.3 Å². The van der Waals surface area contributed by atoms with E-state index in [0.29, 0.717) is 11.3 Å². The van der Waals surface area contributed by atoms with Gasteiger partial charge in [0, 0.05) is 46.4 Å². The summed E-state index contributed by atoms with van der Waals surface area (Å²) in [7, 11) is 1.45. The van der Waals surface area contributed by atoms with E-state index in [9.17, 15) is 4.79 Å². The zero-order valence-electron chi connectivity index (χ0n) is 30.1. The minimum atomic E-state index is -0.900. The number of rotatable bonds is 10. The quantitative estimate of drug-likeness (QED) is 0.106. The van der Waals surface area contributed by atoms with Crippen LogP contribution in [-0.2, 0) is 16.8 Å². The fraction of sp³-hybridized carbons (Fsp3) is 0.229. The molecule has 1 atom stereocenters. The van der Waals surface area contributed by atoms with Gasteiger partial charge in [-0.3, -0.25) is 0 Å². The molecular weight excluding hydrogens is 639 g/mol. The molecule has 0 aliphatic carbocycles. The second-order valence-electron chi connectivity index (χ2n) is 14.0. The Kier molecular flexibility index (Phi) is 9.38. The largest absolute Gasteiger partial charge is 0.472 e. The number of nitrogens with zero attached hydrogens (tertiary/aromatic N) is 1. The summed E-state index contributed by atoms with van der Waals surface area (Å²) in [6, 6.07) is 44.9. The predicted octanol–water partition coefficient (Wildman–Crippen LogP) is 11.6. The number of ether oxygens (including phenoxy) is 2. The lowest BCUT2D eigenvalue weighted by Crippen LogP contribution is -2.35. The summed E-state index contributed by atoms with van der Waals surface area (Å²) in [4.78, 5) is 16.3. The van der Waals surface area contributed by atoms with E-state index in [4.69, 9.17) is 9.47 Å². The maximum Gasteiger partial charge on any atom is 0.339 e. The van der Waals surface area contributed by atoms with Crippen molar-refractivity contribution in [1.29, 1.82) is 0 Å². The van der Waals surface area contributed by atoms with E-state index in [2.05, 4.69) is 133 Å². The summed E-state index contributed by atoms with van der Waals surface area (Å²) in [6.45, 7) is 4.42. The number of hydrogen-bond donors (Lipinski definition) is 0. The zero-order chi connectivity index (χ0) is 35.5. The van der Waals surface area contributed by atoms with Gasteiger partial charge in [0.2, 0.25) is 0 Å². The number of carbonyl (C=O) groups excluding carboxylic acids is 1. The van der Waals surface area contributed by atoms with Crippen molar-refractivity contribution in [3.8, 4) is 28.0 Å². The molecule has 0 spiro atoms. The van der Waals surface area contributed by atoms with E-state index in [1.807, 2.05) is 18.2 Å². The molecule has 1 fully saturated rings. The fourth-order valence-corrected chi connectivity index (χ4v) is 8.04. The van der Waals surface area contributed by atoms with Gasteiger partial charge in [0.05, 0.1) is 12.7 Å². The highest BCUT2D eigenvalue weighted by molar-refractivity contribution is 6.14. The number of aryl methyl sites for hydroxylation is 1. The van der Waals surface area contributed by atoms with Crippen molar-refractivity contribution in [2.45, 2.75) is 51.0 Å². The Morgan fingerprint density at radius 2 is 1.33 bits per heavy atom. The highest BCUT2D eigenvalue weighted by Gasteiger charge is 2.40. The predicted molar refractivity (Wildman–Crippen MR) is 214 cm³/mol. The van der Waals surface area contributed by atoms with Crippen molar-refractivity contribution in [2.24, 2.45) is 0 Å². The van der Waals surface area contributed by atoms with Crippen LogP contribution in [0.2, 0.25) is 0 Å². The van der Waals surface area contributed by atoms with E-state index in [-0.39, 0.29) is 0 Å². The van der Waals surface area contributed by atoms with Crippen LogP contribution in [-0.4, -0.2) is 26.2 Å². The molecule has 260 valence electrons. The molecule has 0 bridgehead atoms. The fourth-order valence-electron chi connectivity index (χ4n) is 8.04. The third-order valence-corrected chi connectivity index (χ3v) is 10.8. The molecule has 0 radical (unpaired) electrons. The molecule has 4 nitrogen and oxygen atoms in total. The standard InChI is InChI=1S/C48H45NO3/c1-3-4-6-13-34-18-20-35(21-19-34)36-22-24-37(25-23-36)44-41-16-9-10-17-42(41)46-43(45(44)47(50)51-2)30-31-48(52-46,38-14-7-5-8-15-38)39-26-28-40(29-27-39)49-32-11-12-33-49/h5,7-10,14-31H,3-4,6,11-13,32-33H2,1-2H3. The molecule has 1 saturated heterocycles. The van der Waals surface area contributed by atoms with Crippen LogP contribution in [0.1, 0.15) is 71.6 Å². The van der Waals surface area contributed by atoms with Gasteiger partial charge in [-0.2, -0.15) is 0 Å². The van der Waals surface area contributed by atoms with Crippen LogP contribution in [0.4, 0.5) is 5.69 Å². The third-order valence-electron chi connectivity index (χ3n) is 10.8. The van der Waals surface area contributed by atoms with Crippen molar-refractivity contribution in [3.05, 3.63) is 161 Å². The molecule has 4 heteroatoms. The van der Waals surface area contributed by atoms with Crippen molar-refractivity contribution in [3.63, 3.8) is 0 Å². The Bertz CT molecular complexity index is 2210. The monoisotopic (exact) mass is 683 g/mol. The van der Waals surface area contributed by atoms with Crippen LogP contribution in [0.3, 0.4) is 0 Å².